The van der Waals surface area contributed by atoms with Crippen LogP contribution in [0.2, 0.25) is 5.02 Å². The highest BCUT2D eigenvalue weighted by molar-refractivity contribution is 6.30. The van der Waals surface area contributed by atoms with E-state index in [9.17, 15) is 14.4 Å². The smallest absolute Gasteiger partial charge is 0.336 e. The van der Waals surface area contributed by atoms with E-state index in [1.165, 1.54) is 0 Å². The standard InChI is InChI=1S/C29H30ClNO6/c1-5-36-28(33)23-16(3)31-22-15-21(18-8-7-9-20(14-18)35-4)25(29(34)37-6-2)27(32)26(22)24(23)17-10-12-19(30)13-11-17/h7-14,21,24-26H,5-6,15H2,1-4H3/t21-,24-,25-,26?/m1/s1. The molecule has 7 nitrogen and oxygen atoms in total. The fourth-order valence-electron chi connectivity index (χ4n) is 5.37. The molecule has 8 heteroatoms. The van der Waals surface area contributed by atoms with E-state index < -0.39 is 35.6 Å². The fraction of sp³-hybridized carbons (Fsp3) is 0.379. The Labute approximate surface area is 221 Å². The molecule has 0 N–H and O–H groups in total. The lowest BCUT2D eigenvalue weighted by molar-refractivity contribution is -0.153. The predicted molar refractivity (Wildman–Crippen MR) is 140 cm³/mol. The molecule has 1 aliphatic heterocycles. The summed E-state index contributed by atoms with van der Waals surface area (Å²) in [6.07, 6.45) is 0.352. The number of methoxy groups -OCH3 is 1. The second kappa shape index (κ2) is 11.3. The van der Waals surface area contributed by atoms with Gasteiger partial charge in [0.1, 0.15) is 11.7 Å². The number of carbonyl (C=O) groups excluding carboxylic acids is 3. The number of rotatable bonds is 7. The zero-order chi connectivity index (χ0) is 26.7. The first-order valence-electron chi connectivity index (χ1n) is 12.4. The summed E-state index contributed by atoms with van der Waals surface area (Å²) in [6, 6.07) is 14.4. The van der Waals surface area contributed by atoms with Crippen molar-refractivity contribution in [2.45, 2.75) is 39.0 Å². The van der Waals surface area contributed by atoms with Crippen molar-refractivity contribution in [3.8, 4) is 5.75 Å². The van der Waals surface area contributed by atoms with Crippen molar-refractivity contribution in [3.63, 3.8) is 0 Å². The van der Waals surface area contributed by atoms with Crippen LogP contribution in [0, 0.1) is 11.8 Å². The zero-order valence-corrected chi connectivity index (χ0v) is 22.1. The number of esters is 2. The molecule has 0 bridgehead atoms. The minimum atomic E-state index is -1.06. The quantitative estimate of drug-likeness (QED) is 0.362. The van der Waals surface area contributed by atoms with Crippen LogP contribution < -0.4 is 4.74 Å². The summed E-state index contributed by atoms with van der Waals surface area (Å²) in [5.41, 5.74) is 2.95. The van der Waals surface area contributed by atoms with E-state index in [1.807, 2.05) is 24.3 Å². The SMILES string of the molecule is CCOC(=O)C1=C(C)N=C2C[C@H](c3cccc(OC)c3)[C@@H](C(=O)OCC)C(=O)C2[C@@H]1c1ccc(Cl)cc1. The number of allylic oxidation sites excluding steroid dienone is 1. The monoisotopic (exact) mass is 523 g/mol. The molecule has 2 aliphatic rings. The topological polar surface area (TPSA) is 91.3 Å². The Morgan fingerprint density at radius 3 is 2.35 bits per heavy atom. The van der Waals surface area contributed by atoms with E-state index in [1.54, 1.807) is 52.1 Å². The van der Waals surface area contributed by atoms with Crippen molar-refractivity contribution in [2.75, 3.05) is 20.3 Å². The third-order valence-electron chi connectivity index (χ3n) is 6.94. The van der Waals surface area contributed by atoms with Crippen molar-refractivity contribution in [2.24, 2.45) is 16.8 Å². The lowest BCUT2D eigenvalue weighted by Gasteiger charge is -2.41. The first-order chi connectivity index (χ1) is 17.8. The minimum absolute atomic E-state index is 0.146. The summed E-state index contributed by atoms with van der Waals surface area (Å²) in [7, 11) is 1.57. The molecule has 4 atom stereocenters. The van der Waals surface area contributed by atoms with Gasteiger partial charge in [-0.15, -0.1) is 0 Å². The van der Waals surface area contributed by atoms with Crippen LogP contribution in [0.15, 0.2) is 64.8 Å². The van der Waals surface area contributed by atoms with Gasteiger partial charge in [-0.05, 0) is 62.6 Å². The summed E-state index contributed by atoms with van der Waals surface area (Å²) in [6.45, 7) is 5.51. The number of halogens is 1. The van der Waals surface area contributed by atoms with Crippen LogP contribution in [0.3, 0.4) is 0 Å². The Morgan fingerprint density at radius 2 is 1.70 bits per heavy atom. The van der Waals surface area contributed by atoms with E-state index in [0.717, 1.165) is 11.1 Å². The van der Waals surface area contributed by atoms with Gasteiger partial charge in [-0.1, -0.05) is 35.9 Å². The lowest BCUT2D eigenvalue weighted by atomic mass is 9.62. The maximum atomic E-state index is 14.3. The van der Waals surface area contributed by atoms with Crippen LogP contribution in [0.25, 0.3) is 0 Å². The molecule has 1 unspecified atom stereocenters. The maximum absolute atomic E-state index is 14.3. The summed E-state index contributed by atoms with van der Waals surface area (Å²) in [4.78, 5) is 45.4. The number of nitrogens with zero attached hydrogens (tertiary/aromatic N) is 1. The van der Waals surface area contributed by atoms with Crippen LogP contribution >= 0.6 is 11.6 Å². The Kier molecular flexibility index (Phi) is 8.13. The molecule has 194 valence electrons. The summed E-state index contributed by atoms with van der Waals surface area (Å²) < 4.78 is 16.1. The van der Waals surface area contributed by atoms with Gasteiger partial charge in [0.05, 0.1) is 31.8 Å². The van der Waals surface area contributed by atoms with Gasteiger partial charge in [-0.2, -0.15) is 0 Å². The number of benzene rings is 2. The first-order valence-corrected chi connectivity index (χ1v) is 12.7. The van der Waals surface area contributed by atoms with Gasteiger partial charge in [0, 0.05) is 28.3 Å². The average molecular weight is 524 g/mol. The average Bonchev–Trinajstić information content (AvgIpc) is 2.88. The number of carbonyl (C=O) groups is 3. The number of fused-ring (bicyclic) bond motifs is 1. The molecule has 1 fully saturated rings. The number of ketones is 1. The number of aliphatic imine (C=N–C) groups is 1. The maximum Gasteiger partial charge on any atom is 0.336 e. The fourth-order valence-corrected chi connectivity index (χ4v) is 5.50. The van der Waals surface area contributed by atoms with Gasteiger partial charge in [0.25, 0.3) is 0 Å². The van der Waals surface area contributed by atoms with Gasteiger partial charge in [-0.3, -0.25) is 14.6 Å². The highest BCUT2D eigenvalue weighted by Crippen LogP contribution is 2.48. The summed E-state index contributed by atoms with van der Waals surface area (Å²) in [5.74, 6) is -3.85. The van der Waals surface area contributed by atoms with Gasteiger partial charge >= 0.3 is 11.9 Å². The molecular weight excluding hydrogens is 494 g/mol. The minimum Gasteiger partial charge on any atom is -0.497 e. The molecule has 1 heterocycles. The van der Waals surface area contributed by atoms with Crippen LogP contribution in [-0.4, -0.2) is 43.8 Å². The van der Waals surface area contributed by atoms with E-state index in [2.05, 4.69) is 0 Å². The van der Waals surface area contributed by atoms with Crippen molar-refractivity contribution in [1.29, 1.82) is 0 Å². The highest BCUT2D eigenvalue weighted by atomic mass is 35.5. The van der Waals surface area contributed by atoms with Gasteiger partial charge < -0.3 is 14.2 Å². The number of hydrogen-bond donors (Lipinski definition) is 0. The molecule has 1 saturated carbocycles. The van der Waals surface area contributed by atoms with Gasteiger partial charge in [0.15, 0.2) is 5.78 Å². The number of Topliss-reactive ketones (excluding diaryl/α,β-unsaturated/α-hetero) is 1. The Bertz CT molecular complexity index is 1270. The van der Waals surface area contributed by atoms with Crippen LogP contribution in [0.1, 0.15) is 50.2 Å². The van der Waals surface area contributed by atoms with Crippen LogP contribution in [-0.2, 0) is 23.9 Å². The van der Waals surface area contributed by atoms with E-state index in [0.29, 0.717) is 34.2 Å². The van der Waals surface area contributed by atoms with E-state index in [4.69, 9.17) is 30.8 Å². The molecular formula is C29H30ClNO6. The van der Waals surface area contributed by atoms with Crippen molar-refractivity contribution in [3.05, 3.63) is 76.0 Å². The first kappa shape index (κ1) is 26.6. The second-order valence-electron chi connectivity index (χ2n) is 9.05. The largest absolute Gasteiger partial charge is 0.497 e. The van der Waals surface area contributed by atoms with Crippen molar-refractivity contribution >= 4 is 35.0 Å². The highest BCUT2D eigenvalue weighted by Gasteiger charge is 2.53. The molecule has 0 aromatic heterocycles. The third kappa shape index (κ3) is 5.18. The Morgan fingerprint density at radius 1 is 1.00 bits per heavy atom. The summed E-state index contributed by atoms with van der Waals surface area (Å²) >= 11 is 6.14. The lowest BCUT2D eigenvalue weighted by Crippen LogP contribution is -2.48. The molecule has 0 saturated heterocycles. The Balaban J connectivity index is 1.89. The molecule has 4 rings (SSSR count). The van der Waals surface area contributed by atoms with E-state index >= 15 is 0 Å². The second-order valence-corrected chi connectivity index (χ2v) is 9.49. The van der Waals surface area contributed by atoms with Crippen molar-refractivity contribution in [1.82, 2.24) is 0 Å². The number of hydrogen-bond acceptors (Lipinski definition) is 7. The zero-order valence-electron chi connectivity index (χ0n) is 21.3. The molecule has 0 spiro atoms. The molecule has 37 heavy (non-hydrogen) atoms. The molecule has 0 radical (unpaired) electrons. The van der Waals surface area contributed by atoms with Crippen LogP contribution in [0.5, 0.6) is 5.75 Å². The third-order valence-corrected chi connectivity index (χ3v) is 7.19. The molecule has 2 aromatic rings. The molecule has 2 aromatic carbocycles. The normalized spacial score (nSPS) is 23.2. The summed E-state index contributed by atoms with van der Waals surface area (Å²) in [5, 5.41) is 0.532. The molecule has 0 amide bonds. The Hall–Kier alpha value is -3.45. The predicted octanol–water partition coefficient (Wildman–Crippen LogP) is 5.28. The molecule has 1 aliphatic carbocycles. The van der Waals surface area contributed by atoms with Crippen molar-refractivity contribution < 1.29 is 28.6 Å². The van der Waals surface area contributed by atoms with Gasteiger partial charge in [0.2, 0.25) is 0 Å². The van der Waals surface area contributed by atoms with Gasteiger partial charge in [-0.25, -0.2) is 4.79 Å². The van der Waals surface area contributed by atoms with Crippen LogP contribution in [0.4, 0.5) is 0 Å². The van der Waals surface area contributed by atoms with E-state index in [-0.39, 0.29) is 19.0 Å². The number of ether oxygens (including phenoxy) is 3.